The van der Waals surface area contributed by atoms with Gasteiger partial charge < -0.3 is 16.0 Å². The molecule has 0 heterocycles. The summed E-state index contributed by atoms with van der Waals surface area (Å²) in [5.41, 5.74) is 1.34. The smallest absolute Gasteiger partial charge is 0.293 e. The average Bonchev–Trinajstić information content (AvgIpc) is 3.49. The Morgan fingerprint density at radius 3 is 2.48 bits per heavy atom. The Kier molecular flexibility index (Phi) is 5.65. The summed E-state index contributed by atoms with van der Waals surface area (Å²) in [6.45, 7) is 0.157. The lowest BCUT2D eigenvalue weighted by atomic mass is 10.1. The maximum atomic E-state index is 12.2. The largest absolute Gasteiger partial charge is 0.377 e. The number of hydrogen-bond acceptors (Lipinski definition) is 5. The summed E-state index contributed by atoms with van der Waals surface area (Å²) in [4.78, 5) is 34.8. The number of amides is 2. The number of rotatable bonds is 8. The molecule has 0 bridgehead atoms. The number of nitro groups is 1. The van der Waals surface area contributed by atoms with Crippen LogP contribution < -0.4 is 16.0 Å². The normalized spacial score (nSPS) is 12.9. The van der Waals surface area contributed by atoms with E-state index in [2.05, 4.69) is 16.0 Å². The quantitative estimate of drug-likeness (QED) is 0.488. The van der Waals surface area contributed by atoms with Crippen LogP contribution in [0.5, 0.6) is 0 Å². The molecule has 3 N–H and O–H groups in total. The lowest BCUT2D eigenvalue weighted by Gasteiger charge is -2.09. The third kappa shape index (κ3) is 5.27. The zero-order valence-electron chi connectivity index (χ0n) is 14.6. The number of nitrogens with zero attached hydrogens (tertiary/aromatic N) is 1. The maximum absolute atomic E-state index is 12.2. The summed E-state index contributed by atoms with van der Waals surface area (Å²) in [7, 11) is 0. The molecule has 0 unspecified atom stereocenters. The van der Waals surface area contributed by atoms with Crippen LogP contribution in [0.4, 0.5) is 11.4 Å². The summed E-state index contributed by atoms with van der Waals surface area (Å²) < 4.78 is 0. The first-order valence-electron chi connectivity index (χ1n) is 8.67. The second-order valence-electron chi connectivity index (χ2n) is 6.35. The molecule has 1 aliphatic rings. The minimum atomic E-state index is -0.536. The fourth-order valence-corrected chi connectivity index (χ4v) is 2.52. The molecule has 140 valence electrons. The maximum Gasteiger partial charge on any atom is 0.293 e. The summed E-state index contributed by atoms with van der Waals surface area (Å²) in [6, 6.07) is 13.9. The summed E-state index contributed by atoms with van der Waals surface area (Å²) in [6.07, 6.45) is 1.97. The van der Waals surface area contributed by atoms with Crippen LogP contribution in [-0.4, -0.2) is 29.3 Å². The molecule has 2 aromatic rings. The third-order valence-electron chi connectivity index (χ3n) is 4.14. The van der Waals surface area contributed by atoms with E-state index in [-0.39, 0.29) is 29.7 Å². The van der Waals surface area contributed by atoms with Crippen molar-refractivity contribution in [1.29, 1.82) is 0 Å². The van der Waals surface area contributed by atoms with Crippen LogP contribution in [0.1, 0.15) is 28.8 Å². The Morgan fingerprint density at radius 1 is 1.07 bits per heavy atom. The molecule has 1 saturated carbocycles. The molecule has 3 rings (SSSR count). The number of nitrogens with one attached hydrogen (secondary N) is 3. The highest BCUT2D eigenvalue weighted by Crippen LogP contribution is 2.31. The van der Waals surface area contributed by atoms with E-state index in [1.54, 1.807) is 0 Å². The van der Waals surface area contributed by atoms with Crippen molar-refractivity contribution < 1.29 is 14.5 Å². The Balaban J connectivity index is 1.54. The van der Waals surface area contributed by atoms with E-state index >= 15 is 0 Å². The van der Waals surface area contributed by atoms with E-state index < -0.39 is 10.8 Å². The van der Waals surface area contributed by atoms with Gasteiger partial charge in [0.15, 0.2) is 0 Å². The number of anilines is 1. The molecular weight excluding hydrogens is 348 g/mol. The van der Waals surface area contributed by atoms with Gasteiger partial charge in [-0.05, 0) is 30.5 Å². The van der Waals surface area contributed by atoms with Gasteiger partial charge in [-0.3, -0.25) is 19.7 Å². The van der Waals surface area contributed by atoms with Gasteiger partial charge in [0.05, 0.1) is 11.5 Å². The van der Waals surface area contributed by atoms with Crippen molar-refractivity contribution in [2.24, 2.45) is 0 Å². The second-order valence-corrected chi connectivity index (χ2v) is 6.35. The molecule has 0 spiro atoms. The SMILES string of the molecule is O=C(CNC(=O)c1ccc(NC2CC2)c([N+](=O)[O-])c1)NCc1ccccc1. The molecule has 0 atom stereocenters. The highest BCUT2D eigenvalue weighted by atomic mass is 16.6. The zero-order valence-corrected chi connectivity index (χ0v) is 14.6. The molecule has 1 fully saturated rings. The number of carbonyl (C=O) groups is 2. The standard InChI is InChI=1S/C19H20N4O4/c24-18(20-11-13-4-2-1-3-5-13)12-21-19(25)14-6-9-16(22-15-7-8-15)17(10-14)23(26)27/h1-6,9-10,15,22H,7-8,11-12H2,(H,20,24)(H,21,25). The minimum absolute atomic E-state index is 0.138. The van der Waals surface area contributed by atoms with Crippen LogP contribution in [-0.2, 0) is 11.3 Å². The van der Waals surface area contributed by atoms with Crippen molar-refractivity contribution in [3.8, 4) is 0 Å². The van der Waals surface area contributed by atoms with Crippen molar-refractivity contribution in [3.63, 3.8) is 0 Å². The van der Waals surface area contributed by atoms with Crippen LogP contribution in [0.3, 0.4) is 0 Å². The number of hydrogen-bond donors (Lipinski definition) is 3. The lowest BCUT2D eigenvalue weighted by molar-refractivity contribution is -0.384. The van der Waals surface area contributed by atoms with Gasteiger partial charge in [0, 0.05) is 24.2 Å². The van der Waals surface area contributed by atoms with Crippen LogP contribution >= 0.6 is 0 Å². The Labute approximate surface area is 156 Å². The Hall–Kier alpha value is -3.42. The summed E-state index contributed by atoms with van der Waals surface area (Å²) in [5.74, 6) is -0.875. The number of nitro benzene ring substituents is 1. The van der Waals surface area contributed by atoms with Gasteiger partial charge in [0.2, 0.25) is 5.91 Å². The van der Waals surface area contributed by atoms with E-state index in [1.165, 1.54) is 18.2 Å². The Morgan fingerprint density at radius 2 is 1.81 bits per heavy atom. The van der Waals surface area contributed by atoms with Crippen molar-refractivity contribution in [1.82, 2.24) is 10.6 Å². The second kappa shape index (κ2) is 8.31. The number of benzene rings is 2. The molecule has 0 radical (unpaired) electrons. The molecule has 0 aromatic heterocycles. The van der Waals surface area contributed by atoms with Crippen molar-refractivity contribution in [3.05, 3.63) is 69.8 Å². The van der Waals surface area contributed by atoms with Crippen LogP contribution in [0.2, 0.25) is 0 Å². The molecule has 27 heavy (non-hydrogen) atoms. The van der Waals surface area contributed by atoms with Gasteiger partial charge in [-0.1, -0.05) is 30.3 Å². The third-order valence-corrected chi connectivity index (χ3v) is 4.14. The summed E-state index contributed by atoms with van der Waals surface area (Å²) >= 11 is 0. The zero-order chi connectivity index (χ0) is 19.2. The predicted molar refractivity (Wildman–Crippen MR) is 100 cm³/mol. The first kappa shape index (κ1) is 18.4. The Bertz CT molecular complexity index is 850. The van der Waals surface area contributed by atoms with E-state index in [1.807, 2.05) is 30.3 Å². The molecule has 2 aromatic carbocycles. The van der Waals surface area contributed by atoms with Crippen molar-refractivity contribution in [2.45, 2.75) is 25.4 Å². The van der Waals surface area contributed by atoms with Crippen LogP contribution in [0.15, 0.2) is 48.5 Å². The van der Waals surface area contributed by atoms with Gasteiger partial charge in [0.1, 0.15) is 5.69 Å². The topological polar surface area (TPSA) is 113 Å². The van der Waals surface area contributed by atoms with Crippen molar-refractivity contribution in [2.75, 3.05) is 11.9 Å². The number of carbonyl (C=O) groups excluding carboxylic acids is 2. The fourth-order valence-electron chi connectivity index (χ4n) is 2.52. The van der Waals surface area contributed by atoms with Gasteiger partial charge in [-0.2, -0.15) is 0 Å². The molecule has 0 saturated heterocycles. The fraction of sp³-hybridized carbons (Fsp3) is 0.263. The van der Waals surface area contributed by atoms with Crippen LogP contribution in [0, 0.1) is 10.1 Å². The minimum Gasteiger partial charge on any atom is -0.377 e. The van der Waals surface area contributed by atoms with Gasteiger partial charge in [-0.15, -0.1) is 0 Å². The van der Waals surface area contributed by atoms with E-state index in [0.717, 1.165) is 18.4 Å². The first-order chi connectivity index (χ1) is 13.0. The highest BCUT2D eigenvalue weighted by molar-refractivity contribution is 5.97. The van der Waals surface area contributed by atoms with Gasteiger partial charge in [0.25, 0.3) is 11.6 Å². The van der Waals surface area contributed by atoms with Gasteiger partial charge >= 0.3 is 0 Å². The predicted octanol–water partition coefficient (Wildman–Crippen LogP) is 2.22. The highest BCUT2D eigenvalue weighted by Gasteiger charge is 2.25. The molecule has 8 nitrogen and oxygen atoms in total. The van der Waals surface area contributed by atoms with E-state index in [9.17, 15) is 19.7 Å². The molecule has 2 amide bonds. The van der Waals surface area contributed by atoms with Gasteiger partial charge in [-0.25, -0.2) is 0 Å². The molecule has 0 aliphatic heterocycles. The van der Waals surface area contributed by atoms with E-state index in [0.29, 0.717) is 12.2 Å². The van der Waals surface area contributed by atoms with E-state index in [4.69, 9.17) is 0 Å². The van der Waals surface area contributed by atoms with Crippen molar-refractivity contribution >= 4 is 23.2 Å². The summed E-state index contributed by atoms with van der Waals surface area (Å²) in [5, 5.41) is 19.5. The molecule has 1 aliphatic carbocycles. The first-order valence-corrected chi connectivity index (χ1v) is 8.67. The molecule has 8 heteroatoms. The lowest BCUT2D eigenvalue weighted by Crippen LogP contribution is -2.36. The average molecular weight is 368 g/mol. The molecular formula is C19H20N4O4. The monoisotopic (exact) mass is 368 g/mol. The van der Waals surface area contributed by atoms with Crippen LogP contribution in [0.25, 0.3) is 0 Å².